The summed E-state index contributed by atoms with van der Waals surface area (Å²) < 4.78 is 5.68. The predicted molar refractivity (Wildman–Crippen MR) is 94.2 cm³/mol. The molecule has 1 atom stereocenters. The van der Waals surface area contributed by atoms with Gasteiger partial charge < -0.3 is 15.8 Å². The van der Waals surface area contributed by atoms with Crippen molar-refractivity contribution in [3.8, 4) is 11.5 Å². The zero-order chi connectivity index (χ0) is 16.9. The van der Waals surface area contributed by atoms with Crippen LogP contribution in [-0.4, -0.2) is 22.2 Å². The van der Waals surface area contributed by atoms with Crippen molar-refractivity contribution in [2.75, 3.05) is 5.32 Å². The summed E-state index contributed by atoms with van der Waals surface area (Å²) in [5, 5.41) is 2.42. The van der Waals surface area contributed by atoms with Gasteiger partial charge in [0.25, 0.3) is 5.91 Å². The van der Waals surface area contributed by atoms with Crippen molar-refractivity contribution >= 4 is 34.4 Å². The number of thioether (sulfide) groups is 1. The fourth-order valence-electron chi connectivity index (χ4n) is 2.14. The minimum atomic E-state index is -0.536. The van der Waals surface area contributed by atoms with Crippen molar-refractivity contribution in [2.45, 2.75) is 11.7 Å². The van der Waals surface area contributed by atoms with Crippen molar-refractivity contribution in [3.05, 3.63) is 54.6 Å². The van der Waals surface area contributed by atoms with E-state index in [1.165, 1.54) is 0 Å². The van der Waals surface area contributed by atoms with Crippen LogP contribution in [0.4, 0.5) is 5.69 Å². The minimum Gasteiger partial charge on any atom is -0.457 e. The van der Waals surface area contributed by atoms with Crippen molar-refractivity contribution in [3.63, 3.8) is 0 Å². The Kier molecular flexibility index (Phi) is 4.81. The highest BCUT2D eigenvalue weighted by Gasteiger charge is 2.29. The number of para-hydroxylation sites is 1. The van der Waals surface area contributed by atoms with Crippen LogP contribution in [0, 0.1) is 0 Å². The number of amides is 2. The molecule has 0 aliphatic carbocycles. The quantitative estimate of drug-likeness (QED) is 0.872. The fraction of sp³-hybridized carbons (Fsp3) is 0.118. The molecule has 0 spiro atoms. The van der Waals surface area contributed by atoms with Gasteiger partial charge in [0, 0.05) is 12.1 Å². The molecule has 0 saturated carbocycles. The van der Waals surface area contributed by atoms with Crippen LogP contribution >= 0.6 is 11.8 Å². The first-order valence-corrected chi connectivity index (χ1v) is 8.15. The van der Waals surface area contributed by atoms with E-state index < -0.39 is 5.25 Å². The molecule has 0 fully saturated rings. The molecule has 24 heavy (non-hydrogen) atoms. The van der Waals surface area contributed by atoms with Gasteiger partial charge in [-0.1, -0.05) is 30.0 Å². The lowest BCUT2D eigenvalue weighted by molar-refractivity contribution is -0.121. The number of amidine groups is 1. The first kappa shape index (κ1) is 16.1. The zero-order valence-corrected chi connectivity index (χ0v) is 13.5. The van der Waals surface area contributed by atoms with E-state index >= 15 is 0 Å². The maximum absolute atomic E-state index is 12.0. The van der Waals surface area contributed by atoms with Gasteiger partial charge in [-0.3, -0.25) is 9.59 Å². The molecule has 1 heterocycles. The van der Waals surface area contributed by atoms with Gasteiger partial charge in [0.2, 0.25) is 5.91 Å². The maximum atomic E-state index is 12.0. The number of carbonyl (C=O) groups excluding carboxylic acids is 2. The van der Waals surface area contributed by atoms with Crippen molar-refractivity contribution in [1.82, 2.24) is 0 Å². The average molecular weight is 341 g/mol. The number of nitrogens with two attached hydrogens (primary N) is 1. The number of rotatable bonds is 5. The lowest BCUT2D eigenvalue weighted by Crippen LogP contribution is -2.21. The van der Waals surface area contributed by atoms with E-state index in [2.05, 4.69) is 10.3 Å². The third-order valence-corrected chi connectivity index (χ3v) is 4.23. The van der Waals surface area contributed by atoms with Crippen LogP contribution < -0.4 is 15.8 Å². The number of aliphatic imine (C=N–C) groups is 1. The monoisotopic (exact) mass is 341 g/mol. The van der Waals surface area contributed by atoms with E-state index in [1.54, 1.807) is 24.3 Å². The Morgan fingerprint density at radius 2 is 1.79 bits per heavy atom. The molecule has 0 bridgehead atoms. The van der Waals surface area contributed by atoms with E-state index in [0.29, 0.717) is 11.4 Å². The topological polar surface area (TPSA) is 93.8 Å². The smallest absolute Gasteiger partial charge is 0.262 e. The van der Waals surface area contributed by atoms with Crippen LogP contribution in [0.3, 0.4) is 0 Å². The largest absolute Gasteiger partial charge is 0.457 e. The minimum absolute atomic E-state index is 0.0377. The summed E-state index contributed by atoms with van der Waals surface area (Å²) in [7, 11) is 0. The van der Waals surface area contributed by atoms with Crippen molar-refractivity contribution < 1.29 is 14.3 Å². The molecule has 0 aromatic heterocycles. The van der Waals surface area contributed by atoms with Gasteiger partial charge in [-0.25, -0.2) is 0 Å². The normalized spacial score (nSPS) is 16.6. The number of nitrogens with one attached hydrogen (secondary N) is 1. The molecule has 0 radical (unpaired) electrons. The van der Waals surface area contributed by atoms with Gasteiger partial charge in [-0.15, -0.1) is 0 Å². The van der Waals surface area contributed by atoms with E-state index in [9.17, 15) is 9.59 Å². The lowest BCUT2D eigenvalue weighted by atomic mass is 10.2. The van der Waals surface area contributed by atoms with Crippen LogP contribution in [0.15, 0.2) is 59.6 Å². The molecule has 3 N–H and O–H groups in total. The number of anilines is 1. The Morgan fingerprint density at radius 3 is 2.42 bits per heavy atom. The average Bonchev–Trinajstić information content (AvgIpc) is 2.87. The van der Waals surface area contributed by atoms with Crippen LogP contribution in [0.5, 0.6) is 11.5 Å². The predicted octanol–water partition coefficient (Wildman–Crippen LogP) is 2.76. The third-order valence-electron chi connectivity index (χ3n) is 3.25. The zero-order valence-electron chi connectivity index (χ0n) is 12.6. The molecular weight excluding hydrogens is 326 g/mol. The number of benzene rings is 2. The van der Waals surface area contributed by atoms with Gasteiger partial charge >= 0.3 is 0 Å². The van der Waals surface area contributed by atoms with Crippen molar-refractivity contribution in [2.24, 2.45) is 10.7 Å². The first-order chi connectivity index (χ1) is 11.6. The van der Waals surface area contributed by atoms with Gasteiger partial charge in [0.1, 0.15) is 16.7 Å². The van der Waals surface area contributed by atoms with Crippen LogP contribution in [-0.2, 0) is 9.59 Å². The Balaban J connectivity index is 1.54. The van der Waals surface area contributed by atoms with Crippen LogP contribution in [0.2, 0.25) is 0 Å². The Bertz CT molecular complexity index is 775. The highest BCUT2D eigenvalue weighted by Crippen LogP contribution is 2.25. The Morgan fingerprint density at radius 1 is 1.12 bits per heavy atom. The molecule has 1 unspecified atom stereocenters. The molecule has 6 nitrogen and oxygen atoms in total. The molecule has 2 amide bonds. The summed E-state index contributed by atoms with van der Waals surface area (Å²) in [6.07, 6.45) is 0.0377. The lowest BCUT2D eigenvalue weighted by Gasteiger charge is -2.09. The second-order valence-electron chi connectivity index (χ2n) is 5.09. The van der Waals surface area contributed by atoms with Crippen molar-refractivity contribution in [1.29, 1.82) is 0 Å². The summed E-state index contributed by atoms with van der Waals surface area (Å²) in [6.45, 7) is 0. The summed E-state index contributed by atoms with van der Waals surface area (Å²) in [6, 6.07) is 16.4. The Labute approximate surface area is 143 Å². The summed E-state index contributed by atoms with van der Waals surface area (Å²) >= 11 is 1.11. The van der Waals surface area contributed by atoms with Crippen LogP contribution in [0.25, 0.3) is 0 Å². The number of hydrogen-bond acceptors (Lipinski definition) is 5. The number of nitrogens with zero attached hydrogens (tertiary/aromatic N) is 1. The molecule has 3 rings (SSSR count). The Hall–Kier alpha value is -2.80. The summed E-state index contributed by atoms with van der Waals surface area (Å²) in [4.78, 5) is 27.1. The number of hydrogen-bond donors (Lipinski definition) is 2. The second-order valence-corrected chi connectivity index (χ2v) is 6.31. The highest BCUT2D eigenvalue weighted by molar-refractivity contribution is 8.15. The molecule has 2 aromatic carbocycles. The fourth-order valence-corrected chi connectivity index (χ4v) is 2.97. The van der Waals surface area contributed by atoms with E-state index in [-0.39, 0.29) is 23.4 Å². The van der Waals surface area contributed by atoms with Gasteiger partial charge in [-0.05, 0) is 36.4 Å². The first-order valence-electron chi connectivity index (χ1n) is 7.27. The van der Waals surface area contributed by atoms with Gasteiger partial charge in [0.15, 0.2) is 5.17 Å². The van der Waals surface area contributed by atoms with E-state index in [1.807, 2.05) is 30.3 Å². The molecular formula is C17H15N3O3S. The number of ether oxygens (including phenoxy) is 1. The molecule has 2 aromatic rings. The highest BCUT2D eigenvalue weighted by atomic mass is 32.2. The van der Waals surface area contributed by atoms with Gasteiger partial charge in [-0.2, -0.15) is 4.99 Å². The summed E-state index contributed by atoms with van der Waals surface area (Å²) in [5.41, 5.74) is 6.10. The van der Waals surface area contributed by atoms with Crippen LogP contribution in [0.1, 0.15) is 6.42 Å². The maximum Gasteiger partial charge on any atom is 0.262 e. The summed E-state index contributed by atoms with van der Waals surface area (Å²) in [5.74, 6) is 0.785. The second kappa shape index (κ2) is 7.18. The van der Waals surface area contributed by atoms with E-state index in [0.717, 1.165) is 17.5 Å². The van der Waals surface area contributed by atoms with E-state index in [4.69, 9.17) is 10.5 Å². The molecule has 0 saturated heterocycles. The standard InChI is InChI=1S/C17H15N3O3S/c18-17-20-16(22)14(24-17)10-15(21)19-11-6-8-13(9-7-11)23-12-4-2-1-3-5-12/h1-9,14H,10H2,(H,19,21)(H2,18,20,22). The molecule has 122 valence electrons. The van der Waals surface area contributed by atoms with Gasteiger partial charge in [0.05, 0.1) is 0 Å². The third kappa shape index (κ3) is 4.14. The molecule has 1 aliphatic heterocycles. The molecule has 1 aliphatic rings. The number of carbonyl (C=O) groups is 2. The SMILES string of the molecule is NC1=NC(=O)C(CC(=O)Nc2ccc(Oc3ccccc3)cc2)S1. The molecule has 7 heteroatoms.